The number of nitrogens with one attached hydrogen (secondary N) is 2. The number of nitrogens with two attached hydrogens (primary N) is 1. The Morgan fingerprint density at radius 3 is 2.73 bits per heavy atom. The van der Waals surface area contributed by atoms with Crippen LogP contribution in [0, 0.1) is 11.8 Å². The Hall–Kier alpha value is -0.770. The van der Waals surface area contributed by atoms with Crippen molar-refractivity contribution in [1.29, 1.82) is 0 Å². The molecule has 1 saturated carbocycles. The zero-order chi connectivity index (χ0) is 11.1. The molecule has 0 spiro atoms. The van der Waals surface area contributed by atoms with E-state index in [-0.39, 0.29) is 0 Å². The minimum absolute atomic E-state index is 0.571. The van der Waals surface area contributed by atoms with E-state index in [1.807, 2.05) is 0 Å². The molecule has 1 aliphatic rings. The molecule has 0 radical (unpaired) electrons. The molecule has 0 aromatic heterocycles. The fourth-order valence-corrected chi connectivity index (χ4v) is 1.43. The van der Waals surface area contributed by atoms with E-state index in [2.05, 4.69) is 29.6 Å². The SMILES string of the molecule is CC(C)CN=C(NN)NCCCC1CC1. The lowest BCUT2D eigenvalue weighted by atomic mass is 10.2. The summed E-state index contributed by atoms with van der Waals surface area (Å²) in [5.74, 6) is 7.67. The van der Waals surface area contributed by atoms with Crippen molar-refractivity contribution in [3.8, 4) is 0 Å². The predicted molar refractivity (Wildman–Crippen MR) is 64.4 cm³/mol. The van der Waals surface area contributed by atoms with E-state index in [0.29, 0.717) is 5.92 Å². The van der Waals surface area contributed by atoms with Crippen LogP contribution in [-0.2, 0) is 0 Å². The summed E-state index contributed by atoms with van der Waals surface area (Å²) < 4.78 is 0. The first kappa shape index (κ1) is 12.3. The van der Waals surface area contributed by atoms with Crippen LogP contribution in [0.15, 0.2) is 4.99 Å². The topological polar surface area (TPSA) is 62.4 Å². The smallest absolute Gasteiger partial charge is 0.205 e. The predicted octanol–water partition coefficient (Wildman–Crippen LogP) is 1.24. The highest BCUT2D eigenvalue weighted by Crippen LogP contribution is 2.33. The summed E-state index contributed by atoms with van der Waals surface area (Å²) in [5, 5.41) is 3.22. The molecule has 4 N–H and O–H groups in total. The number of hydrazine groups is 1. The first-order chi connectivity index (χ1) is 7.22. The molecule has 0 bridgehead atoms. The maximum absolute atomic E-state index is 5.37. The highest BCUT2D eigenvalue weighted by molar-refractivity contribution is 5.79. The van der Waals surface area contributed by atoms with Crippen molar-refractivity contribution in [3.63, 3.8) is 0 Å². The molecule has 0 amide bonds. The zero-order valence-corrected chi connectivity index (χ0v) is 9.92. The number of nitrogens with zero attached hydrogens (tertiary/aromatic N) is 1. The van der Waals surface area contributed by atoms with E-state index in [1.54, 1.807) is 0 Å². The van der Waals surface area contributed by atoms with Crippen LogP contribution in [0.4, 0.5) is 0 Å². The first-order valence-electron chi connectivity index (χ1n) is 5.97. The van der Waals surface area contributed by atoms with Gasteiger partial charge in [0.25, 0.3) is 0 Å². The number of guanidine groups is 1. The monoisotopic (exact) mass is 212 g/mol. The minimum atomic E-state index is 0.571. The van der Waals surface area contributed by atoms with Crippen LogP contribution in [-0.4, -0.2) is 19.0 Å². The molecule has 1 aliphatic carbocycles. The van der Waals surface area contributed by atoms with Crippen LogP contribution in [0.5, 0.6) is 0 Å². The molecule has 0 aliphatic heterocycles. The Morgan fingerprint density at radius 1 is 1.47 bits per heavy atom. The standard InChI is InChI=1S/C11H24N4/c1-9(2)8-14-11(15-12)13-7-3-4-10-5-6-10/h9-10H,3-8,12H2,1-2H3,(H2,13,14,15). The summed E-state index contributed by atoms with van der Waals surface area (Å²) in [5.41, 5.74) is 2.60. The van der Waals surface area contributed by atoms with E-state index in [9.17, 15) is 0 Å². The van der Waals surface area contributed by atoms with Gasteiger partial charge in [-0.25, -0.2) is 5.84 Å². The van der Waals surface area contributed by atoms with E-state index >= 15 is 0 Å². The Balaban J connectivity index is 2.05. The van der Waals surface area contributed by atoms with Gasteiger partial charge in [-0.15, -0.1) is 0 Å². The lowest BCUT2D eigenvalue weighted by molar-refractivity contribution is 0.634. The summed E-state index contributed by atoms with van der Waals surface area (Å²) in [6.07, 6.45) is 5.43. The lowest BCUT2D eigenvalue weighted by Crippen LogP contribution is -2.42. The third kappa shape index (κ3) is 6.33. The van der Waals surface area contributed by atoms with Crippen LogP contribution in [0.2, 0.25) is 0 Å². The molecule has 0 aromatic rings. The maximum atomic E-state index is 5.37. The lowest BCUT2D eigenvalue weighted by Gasteiger charge is -2.09. The van der Waals surface area contributed by atoms with Crippen LogP contribution < -0.4 is 16.6 Å². The summed E-state index contributed by atoms with van der Waals surface area (Å²) in [4.78, 5) is 4.34. The van der Waals surface area contributed by atoms with Crippen molar-refractivity contribution in [2.45, 2.75) is 39.5 Å². The highest BCUT2D eigenvalue weighted by atomic mass is 15.3. The van der Waals surface area contributed by atoms with Gasteiger partial charge in [-0.2, -0.15) is 0 Å². The highest BCUT2D eigenvalue weighted by Gasteiger charge is 2.19. The summed E-state index contributed by atoms with van der Waals surface area (Å²) >= 11 is 0. The van der Waals surface area contributed by atoms with Gasteiger partial charge in [0.2, 0.25) is 5.96 Å². The van der Waals surface area contributed by atoms with Gasteiger partial charge in [-0.3, -0.25) is 10.4 Å². The van der Waals surface area contributed by atoms with Gasteiger partial charge in [0, 0.05) is 13.1 Å². The molecule has 15 heavy (non-hydrogen) atoms. The van der Waals surface area contributed by atoms with Crippen molar-refractivity contribution in [3.05, 3.63) is 0 Å². The largest absolute Gasteiger partial charge is 0.355 e. The molecular formula is C11H24N4. The Labute approximate surface area is 92.7 Å². The molecule has 1 rings (SSSR count). The van der Waals surface area contributed by atoms with E-state index in [1.165, 1.54) is 25.7 Å². The second kappa shape index (κ2) is 6.67. The van der Waals surface area contributed by atoms with Crippen LogP contribution in [0.1, 0.15) is 39.5 Å². The van der Waals surface area contributed by atoms with Crippen molar-refractivity contribution in [2.24, 2.45) is 22.7 Å². The van der Waals surface area contributed by atoms with E-state index in [0.717, 1.165) is 25.0 Å². The van der Waals surface area contributed by atoms with Crippen molar-refractivity contribution >= 4 is 5.96 Å². The van der Waals surface area contributed by atoms with Gasteiger partial charge in [-0.1, -0.05) is 26.7 Å². The second-order valence-corrected chi connectivity index (χ2v) is 4.74. The van der Waals surface area contributed by atoms with E-state index < -0.39 is 0 Å². The molecule has 4 heteroatoms. The summed E-state index contributed by atoms with van der Waals surface area (Å²) in [7, 11) is 0. The Morgan fingerprint density at radius 2 is 2.20 bits per heavy atom. The molecule has 0 atom stereocenters. The molecule has 0 heterocycles. The number of rotatable bonds is 6. The zero-order valence-electron chi connectivity index (χ0n) is 9.92. The Bertz CT molecular complexity index is 197. The average molecular weight is 212 g/mol. The molecule has 1 fully saturated rings. The van der Waals surface area contributed by atoms with Crippen LogP contribution in [0.25, 0.3) is 0 Å². The maximum Gasteiger partial charge on any atom is 0.205 e. The average Bonchev–Trinajstić information content (AvgIpc) is 3.00. The molecule has 0 aromatic carbocycles. The second-order valence-electron chi connectivity index (χ2n) is 4.74. The summed E-state index contributed by atoms with van der Waals surface area (Å²) in [6, 6.07) is 0. The third-order valence-corrected chi connectivity index (χ3v) is 2.53. The van der Waals surface area contributed by atoms with E-state index in [4.69, 9.17) is 5.84 Å². The molecule has 0 saturated heterocycles. The van der Waals surface area contributed by atoms with Crippen LogP contribution in [0.3, 0.4) is 0 Å². The quantitative estimate of drug-likeness (QED) is 0.204. The van der Waals surface area contributed by atoms with Gasteiger partial charge < -0.3 is 5.32 Å². The van der Waals surface area contributed by atoms with Gasteiger partial charge in [0.15, 0.2) is 0 Å². The fraction of sp³-hybridized carbons (Fsp3) is 0.909. The molecule has 4 nitrogen and oxygen atoms in total. The minimum Gasteiger partial charge on any atom is -0.355 e. The van der Waals surface area contributed by atoms with Gasteiger partial charge in [0.1, 0.15) is 0 Å². The number of aliphatic imine (C=N–C) groups is 1. The molecule has 88 valence electrons. The van der Waals surface area contributed by atoms with Gasteiger partial charge in [0.05, 0.1) is 0 Å². The molecule has 0 unspecified atom stereocenters. The van der Waals surface area contributed by atoms with Gasteiger partial charge in [-0.05, 0) is 24.7 Å². The van der Waals surface area contributed by atoms with Gasteiger partial charge >= 0.3 is 0 Å². The van der Waals surface area contributed by atoms with Crippen LogP contribution >= 0.6 is 0 Å². The normalized spacial score (nSPS) is 16.9. The number of hydrogen-bond donors (Lipinski definition) is 3. The van der Waals surface area contributed by atoms with Crippen molar-refractivity contribution in [2.75, 3.05) is 13.1 Å². The number of hydrogen-bond acceptors (Lipinski definition) is 2. The molecular weight excluding hydrogens is 188 g/mol. The third-order valence-electron chi connectivity index (χ3n) is 2.53. The van der Waals surface area contributed by atoms with Crippen molar-refractivity contribution in [1.82, 2.24) is 10.7 Å². The summed E-state index contributed by atoms with van der Waals surface area (Å²) in [6.45, 7) is 6.07. The fourth-order valence-electron chi connectivity index (χ4n) is 1.43. The first-order valence-corrected chi connectivity index (χ1v) is 5.97. The van der Waals surface area contributed by atoms with Crippen molar-refractivity contribution < 1.29 is 0 Å². The Kier molecular flexibility index (Phi) is 5.47.